The lowest BCUT2D eigenvalue weighted by molar-refractivity contribution is 0.0684. The number of hydrogen-bond donors (Lipinski definition) is 1. The molecule has 0 saturated carbocycles. The van der Waals surface area contributed by atoms with Crippen LogP contribution in [0.25, 0.3) is 0 Å². The summed E-state index contributed by atoms with van der Waals surface area (Å²) >= 11 is 0. The Bertz CT molecular complexity index is 543. The first-order valence-electron chi connectivity index (χ1n) is 4.95. The van der Waals surface area contributed by atoms with Crippen molar-refractivity contribution >= 4 is 5.97 Å². The minimum absolute atomic E-state index is 0.0867. The monoisotopic (exact) mass is 232 g/mol. The molecular weight excluding hydrogens is 223 g/mol. The van der Waals surface area contributed by atoms with E-state index in [4.69, 9.17) is 5.11 Å². The van der Waals surface area contributed by atoms with Crippen LogP contribution >= 0.6 is 0 Å². The number of hydrogen-bond acceptors (Lipinski definition) is 3. The molecule has 0 saturated heterocycles. The van der Waals surface area contributed by atoms with Crippen molar-refractivity contribution in [1.29, 1.82) is 0 Å². The number of nitrogens with zero attached hydrogens (tertiary/aromatic N) is 2. The Balaban J connectivity index is 2.34. The summed E-state index contributed by atoms with van der Waals surface area (Å²) in [4.78, 5) is 17.9. The standard InChI is InChI=1S/C12H9FN2O2/c13-10-9(6-8-4-2-1-3-5-8)14-7-15-11(10)12(16)17/h1-5,7H,6H2,(H,16,17). The maximum absolute atomic E-state index is 13.7. The first-order chi connectivity index (χ1) is 8.18. The average Bonchev–Trinajstić information content (AvgIpc) is 2.33. The molecule has 86 valence electrons. The molecule has 2 aromatic rings. The molecule has 2 rings (SSSR count). The summed E-state index contributed by atoms with van der Waals surface area (Å²) in [7, 11) is 0. The summed E-state index contributed by atoms with van der Waals surface area (Å²) in [5.74, 6) is -2.26. The van der Waals surface area contributed by atoms with Crippen molar-refractivity contribution in [3.63, 3.8) is 0 Å². The van der Waals surface area contributed by atoms with Crippen molar-refractivity contribution in [2.75, 3.05) is 0 Å². The zero-order chi connectivity index (χ0) is 12.3. The van der Waals surface area contributed by atoms with E-state index in [0.29, 0.717) is 0 Å². The van der Waals surface area contributed by atoms with E-state index >= 15 is 0 Å². The third-order valence-electron chi connectivity index (χ3n) is 2.28. The molecule has 0 unspecified atom stereocenters. The first kappa shape index (κ1) is 11.2. The van der Waals surface area contributed by atoms with Gasteiger partial charge >= 0.3 is 5.97 Å². The third-order valence-corrected chi connectivity index (χ3v) is 2.28. The predicted molar refractivity (Wildman–Crippen MR) is 58.2 cm³/mol. The van der Waals surface area contributed by atoms with Crippen molar-refractivity contribution in [2.24, 2.45) is 0 Å². The lowest BCUT2D eigenvalue weighted by Gasteiger charge is -2.03. The molecule has 0 aliphatic rings. The molecule has 0 bridgehead atoms. The van der Waals surface area contributed by atoms with Crippen LogP contribution in [-0.2, 0) is 6.42 Å². The number of benzene rings is 1. The number of carboxylic acid groups (broad SMARTS) is 1. The Labute approximate surface area is 96.8 Å². The summed E-state index contributed by atoms with van der Waals surface area (Å²) in [5, 5.41) is 8.73. The topological polar surface area (TPSA) is 63.1 Å². The van der Waals surface area contributed by atoms with E-state index in [1.54, 1.807) is 0 Å². The molecule has 0 aliphatic carbocycles. The van der Waals surface area contributed by atoms with Crippen molar-refractivity contribution < 1.29 is 14.3 Å². The number of aromatic carboxylic acids is 1. The highest BCUT2D eigenvalue weighted by Crippen LogP contribution is 2.12. The molecule has 0 radical (unpaired) electrons. The van der Waals surface area contributed by atoms with Gasteiger partial charge in [-0.2, -0.15) is 0 Å². The highest BCUT2D eigenvalue weighted by molar-refractivity contribution is 5.85. The van der Waals surface area contributed by atoms with Gasteiger partial charge in [0.05, 0.1) is 5.69 Å². The van der Waals surface area contributed by atoms with Crippen LogP contribution in [0.4, 0.5) is 4.39 Å². The number of aromatic nitrogens is 2. The van der Waals surface area contributed by atoms with Crippen molar-refractivity contribution in [3.8, 4) is 0 Å². The Kier molecular flexibility index (Phi) is 3.09. The van der Waals surface area contributed by atoms with Crippen molar-refractivity contribution in [1.82, 2.24) is 9.97 Å². The van der Waals surface area contributed by atoms with Crippen molar-refractivity contribution in [2.45, 2.75) is 6.42 Å². The molecule has 1 heterocycles. The smallest absolute Gasteiger partial charge is 0.357 e. The van der Waals surface area contributed by atoms with Crippen LogP contribution in [0.15, 0.2) is 36.7 Å². The summed E-state index contributed by atoms with van der Waals surface area (Å²) in [5.41, 5.74) is 0.357. The quantitative estimate of drug-likeness (QED) is 0.877. The Morgan fingerprint density at radius 3 is 2.59 bits per heavy atom. The molecule has 0 amide bonds. The van der Waals surface area contributed by atoms with Crippen molar-refractivity contribution in [3.05, 3.63) is 59.4 Å². The maximum Gasteiger partial charge on any atom is 0.357 e. The van der Waals surface area contributed by atoms with Crippen LogP contribution < -0.4 is 0 Å². The van der Waals surface area contributed by atoms with E-state index in [0.717, 1.165) is 11.9 Å². The molecule has 0 atom stereocenters. The van der Waals surface area contributed by atoms with Gasteiger partial charge in [0.2, 0.25) is 0 Å². The number of carboxylic acids is 1. The second-order valence-electron chi connectivity index (χ2n) is 3.45. The van der Waals surface area contributed by atoms with Crippen LogP contribution in [0.5, 0.6) is 0 Å². The van der Waals surface area contributed by atoms with Crippen LogP contribution in [0, 0.1) is 5.82 Å². The van der Waals surface area contributed by atoms with Crippen LogP contribution in [0.1, 0.15) is 21.7 Å². The summed E-state index contributed by atoms with van der Waals surface area (Å²) in [6, 6.07) is 9.14. The molecular formula is C12H9FN2O2. The van der Waals surface area contributed by atoms with Crippen LogP contribution in [0.2, 0.25) is 0 Å². The minimum atomic E-state index is -1.39. The lowest BCUT2D eigenvalue weighted by Crippen LogP contribution is -2.09. The van der Waals surface area contributed by atoms with Gasteiger partial charge in [-0.3, -0.25) is 0 Å². The Morgan fingerprint density at radius 2 is 1.94 bits per heavy atom. The van der Waals surface area contributed by atoms with Gasteiger partial charge in [-0.1, -0.05) is 30.3 Å². The van der Waals surface area contributed by atoms with Gasteiger partial charge < -0.3 is 5.11 Å². The van der Waals surface area contributed by atoms with Gasteiger partial charge in [0.15, 0.2) is 11.5 Å². The van der Waals surface area contributed by atoms with E-state index in [2.05, 4.69) is 9.97 Å². The second kappa shape index (κ2) is 4.69. The van der Waals surface area contributed by atoms with E-state index in [-0.39, 0.29) is 12.1 Å². The molecule has 5 heteroatoms. The van der Waals surface area contributed by atoms with E-state index in [9.17, 15) is 9.18 Å². The van der Waals surface area contributed by atoms with Gasteiger partial charge in [0, 0.05) is 6.42 Å². The number of carbonyl (C=O) groups is 1. The molecule has 1 N–H and O–H groups in total. The SMILES string of the molecule is O=C(O)c1ncnc(Cc2ccccc2)c1F. The normalized spacial score (nSPS) is 10.2. The molecule has 1 aromatic carbocycles. The van der Waals surface area contributed by atoms with Crippen LogP contribution in [0.3, 0.4) is 0 Å². The zero-order valence-corrected chi connectivity index (χ0v) is 8.80. The highest BCUT2D eigenvalue weighted by atomic mass is 19.1. The van der Waals surface area contributed by atoms with E-state index < -0.39 is 17.5 Å². The average molecular weight is 232 g/mol. The van der Waals surface area contributed by atoms with Gasteiger partial charge in [-0.25, -0.2) is 19.2 Å². The van der Waals surface area contributed by atoms with Gasteiger partial charge in [-0.05, 0) is 5.56 Å². The molecule has 17 heavy (non-hydrogen) atoms. The summed E-state index contributed by atoms with van der Waals surface area (Å²) in [6.45, 7) is 0. The fraction of sp³-hybridized carbons (Fsp3) is 0.0833. The van der Waals surface area contributed by atoms with Gasteiger partial charge in [-0.15, -0.1) is 0 Å². The van der Waals surface area contributed by atoms with E-state index in [1.807, 2.05) is 30.3 Å². The minimum Gasteiger partial charge on any atom is -0.476 e. The number of rotatable bonds is 3. The highest BCUT2D eigenvalue weighted by Gasteiger charge is 2.16. The Hall–Kier alpha value is -2.30. The second-order valence-corrected chi connectivity index (χ2v) is 3.45. The van der Waals surface area contributed by atoms with Crippen LogP contribution in [-0.4, -0.2) is 21.0 Å². The number of halogens is 1. The molecule has 0 aliphatic heterocycles. The summed E-state index contributed by atoms with van der Waals surface area (Å²) < 4.78 is 13.7. The van der Waals surface area contributed by atoms with Gasteiger partial charge in [0.1, 0.15) is 6.33 Å². The molecule has 4 nitrogen and oxygen atoms in total. The molecule has 0 fully saturated rings. The van der Waals surface area contributed by atoms with Gasteiger partial charge in [0.25, 0.3) is 0 Å². The largest absolute Gasteiger partial charge is 0.476 e. The third kappa shape index (κ3) is 2.44. The fourth-order valence-electron chi connectivity index (χ4n) is 1.47. The molecule has 1 aromatic heterocycles. The molecule has 0 spiro atoms. The maximum atomic E-state index is 13.7. The predicted octanol–water partition coefficient (Wildman–Crippen LogP) is 1.90. The lowest BCUT2D eigenvalue weighted by atomic mass is 10.1. The first-order valence-corrected chi connectivity index (χ1v) is 4.95. The summed E-state index contributed by atoms with van der Waals surface area (Å²) in [6.07, 6.45) is 1.31. The zero-order valence-electron chi connectivity index (χ0n) is 8.80. The fourth-order valence-corrected chi connectivity index (χ4v) is 1.47. The Morgan fingerprint density at radius 1 is 1.24 bits per heavy atom. The van der Waals surface area contributed by atoms with E-state index in [1.165, 1.54) is 0 Å².